The molecule has 1 aliphatic rings. The van der Waals surface area contributed by atoms with Crippen molar-refractivity contribution >= 4 is 23.8 Å². The first kappa shape index (κ1) is 26.4. The molecule has 0 spiro atoms. The second kappa shape index (κ2) is 10.8. The number of nitrogens with two attached hydrogens (primary N) is 1. The number of pyridine rings is 1. The average Bonchev–Trinajstić information content (AvgIpc) is 3.63. The lowest BCUT2D eigenvalue weighted by atomic mass is 9.91. The Morgan fingerprint density at radius 2 is 1.95 bits per heavy atom. The Morgan fingerprint density at radius 3 is 2.61 bits per heavy atom. The first-order chi connectivity index (χ1) is 18.1. The van der Waals surface area contributed by atoms with Crippen molar-refractivity contribution in [1.29, 1.82) is 5.26 Å². The molecule has 1 saturated carbocycles. The zero-order valence-electron chi connectivity index (χ0n) is 21.6. The molecule has 0 atom stereocenters. The summed E-state index contributed by atoms with van der Waals surface area (Å²) in [5.74, 6) is 5.10. The first-order valence-electron chi connectivity index (χ1n) is 12.2. The van der Waals surface area contributed by atoms with Gasteiger partial charge in [0.1, 0.15) is 5.71 Å². The molecule has 4 N–H and O–H groups in total. The Morgan fingerprint density at radius 1 is 1.18 bits per heavy atom. The van der Waals surface area contributed by atoms with E-state index in [1.807, 2.05) is 24.3 Å². The Kier molecular flexibility index (Phi) is 7.48. The maximum Gasteiger partial charge on any atom is 0.305 e. The van der Waals surface area contributed by atoms with Crippen molar-refractivity contribution < 1.29 is 9.90 Å². The summed E-state index contributed by atoms with van der Waals surface area (Å²) in [5.41, 5.74) is 3.58. The van der Waals surface area contributed by atoms with Crippen molar-refractivity contribution in [3.8, 4) is 17.3 Å². The number of anilines is 1. The van der Waals surface area contributed by atoms with Crippen LogP contribution in [0.1, 0.15) is 62.7 Å². The van der Waals surface area contributed by atoms with Gasteiger partial charge in [0, 0.05) is 16.7 Å². The van der Waals surface area contributed by atoms with Crippen LogP contribution in [0.25, 0.3) is 11.3 Å². The fourth-order valence-electron chi connectivity index (χ4n) is 3.93. The number of nitrogens with zero attached hydrogens (tertiary/aromatic N) is 6. The van der Waals surface area contributed by atoms with E-state index in [0.717, 1.165) is 11.4 Å². The molecule has 38 heavy (non-hydrogen) atoms. The van der Waals surface area contributed by atoms with Gasteiger partial charge >= 0.3 is 5.97 Å². The summed E-state index contributed by atoms with van der Waals surface area (Å²) in [7, 11) is 0. The number of carboxylic acid groups (broad SMARTS) is 1. The smallest absolute Gasteiger partial charge is 0.305 e. The van der Waals surface area contributed by atoms with Crippen LogP contribution < -0.4 is 11.2 Å². The number of aromatic nitrogens is 3. The van der Waals surface area contributed by atoms with Crippen LogP contribution in [-0.2, 0) is 16.8 Å². The van der Waals surface area contributed by atoms with Crippen LogP contribution in [0.4, 0.5) is 5.95 Å². The van der Waals surface area contributed by atoms with E-state index in [0.29, 0.717) is 47.6 Å². The highest BCUT2D eigenvalue weighted by atomic mass is 16.4. The van der Waals surface area contributed by atoms with Gasteiger partial charge in [0.05, 0.1) is 53.4 Å². The maximum atomic E-state index is 11.4. The molecule has 3 aromatic rings. The Labute approximate surface area is 221 Å². The molecule has 0 unspecified atom stereocenters. The highest BCUT2D eigenvalue weighted by Gasteiger charge is 2.45. The first-order valence-corrected chi connectivity index (χ1v) is 12.2. The molecule has 0 saturated heterocycles. The SMILES string of the molecule is CC(C)(C)c1cccc(CN=CC(=NN)c2cc(-c3cccc(C#N)c3)nc(NC3(CC(=O)O)CC3)n2)n1. The standard InChI is InChI=1S/C28H30N8O2/c1-27(2,3)24-9-5-8-20(32-24)16-31-17-23(36-30)22-13-21(19-7-4-6-18(12-19)15-29)33-26(34-22)35-28(10-11-28)14-25(37)38/h4-9,12-13,17H,10-11,14,16,30H2,1-3H3,(H,37,38)(H,33,34,35). The Bertz CT molecular complexity index is 1450. The van der Waals surface area contributed by atoms with Gasteiger partial charge in [-0.2, -0.15) is 10.4 Å². The summed E-state index contributed by atoms with van der Waals surface area (Å²) in [5, 5.41) is 25.8. The zero-order chi connectivity index (χ0) is 27.3. The van der Waals surface area contributed by atoms with Gasteiger partial charge in [-0.3, -0.25) is 14.8 Å². The van der Waals surface area contributed by atoms with Gasteiger partial charge in [0.15, 0.2) is 0 Å². The molecule has 1 fully saturated rings. The fourth-order valence-corrected chi connectivity index (χ4v) is 3.93. The van der Waals surface area contributed by atoms with Gasteiger partial charge in [0.2, 0.25) is 5.95 Å². The lowest BCUT2D eigenvalue weighted by molar-refractivity contribution is -0.137. The maximum absolute atomic E-state index is 11.4. The van der Waals surface area contributed by atoms with Crippen molar-refractivity contribution in [1.82, 2.24) is 15.0 Å². The van der Waals surface area contributed by atoms with E-state index in [9.17, 15) is 15.2 Å². The van der Waals surface area contributed by atoms with Gasteiger partial charge in [-0.05, 0) is 43.2 Å². The molecule has 10 heteroatoms. The molecule has 0 bridgehead atoms. The Hall–Kier alpha value is -4.65. The summed E-state index contributed by atoms with van der Waals surface area (Å²) in [6.45, 7) is 6.65. The molecular formula is C28H30N8O2. The van der Waals surface area contributed by atoms with E-state index >= 15 is 0 Å². The van der Waals surface area contributed by atoms with Crippen LogP contribution in [0.5, 0.6) is 0 Å². The number of hydrogen-bond acceptors (Lipinski definition) is 9. The van der Waals surface area contributed by atoms with Crippen LogP contribution in [-0.4, -0.2) is 43.5 Å². The second-order valence-electron chi connectivity index (χ2n) is 10.4. The van der Waals surface area contributed by atoms with Gasteiger partial charge in [-0.15, -0.1) is 0 Å². The highest BCUT2D eigenvalue weighted by molar-refractivity contribution is 6.37. The predicted molar refractivity (Wildman–Crippen MR) is 146 cm³/mol. The molecule has 4 rings (SSSR count). The van der Waals surface area contributed by atoms with Gasteiger partial charge in [-0.25, -0.2) is 9.97 Å². The van der Waals surface area contributed by atoms with E-state index < -0.39 is 11.5 Å². The summed E-state index contributed by atoms with van der Waals surface area (Å²) < 4.78 is 0. The molecule has 1 aliphatic carbocycles. The largest absolute Gasteiger partial charge is 0.481 e. The number of nitrogens with one attached hydrogen (secondary N) is 1. The van der Waals surface area contributed by atoms with Crippen molar-refractivity contribution in [2.45, 2.75) is 57.5 Å². The summed E-state index contributed by atoms with van der Waals surface area (Å²) in [6.07, 6.45) is 2.90. The molecule has 194 valence electrons. The Balaban J connectivity index is 1.65. The average molecular weight is 511 g/mol. The minimum Gasteiger partial charge on any atom is -0.481 e. The number of aliphatic imine (C=N–C) groups is 1. The third kappa shape index (κ3) is 6.56. The lowest BCUT2D eigenvalue weighted by Crippen LogP contribution is -2.26. The van der Waals surface area contributed by atoms with E-state index in [4.69, 9.17) is 10.8 Å². The number of rotatable bonds is 9. The number of carbonyl (C=O) groups is 1. The predicted octanol–water partition coefficient (Wildman–Crippen LogP) is 4.06. The molecule has 2 aromatic heterocycles. The summed E-state index contributed by atoms with van der Waals surface area (Å²) in [4.78, 5) is 29.8. The van der Waals surface area contributed by atoms with Crippen LogP contribution in [0.15, 0.2) is 58.6 Å². The molecule has 2 heterocycles. The van der Waals surface area contributed by atoms with Crippen LogP contribution in [0.3, 0.4) is 0 Å². The van der Waals surface area contributed by atoms with Crippen LogP contribution >= 0.6 is 0 Å². The third-order valence-corrected chi connectivity index (χ3v) is 6.18. The zero-order valence-corrected chi connectivity index (χ0v) is 21.6. The van der Waals surface area contributed by atoms with Crippen molar-refractivity contribution in [2.24, 2.45) is 15.9 Å². The van der Waals surface area contributed by atoms with E-state index in [-0.39, 0.29) is 17.8 Å². The molecule has 1 aromatic carbocycles. The highest BCUT2D eigenvalue weighted by Crippen LogP contribution is 2.41. The van der Waals surface area contributed by atoms with Crippen LogP contribution in [0.2, 0.25) is 0 Å². The molecule has 0 aliphatic heterocycles. The normalized spacial score (nSPS) is 14.7. The molecular weight excluding hydrogens is 480 g/mol. The van der Waals surface area contributed by atoms with Crippen LogP contribution in [0, 0.1) is 11.3 Å². The quantitative estimate of drug-likeness (QED) is 0.220. The van der Waals surface area contributed by atoms with E-state index in [1.165, 1.54) is 6.21 Å². The molecule has 0 amide bonds. The minimum absolute atomic E-state index is 0.0419. The second-order valence-corrected chi connectivity index (χ2v) is 10.4. The molecule has 10 nitrogen and oxygen atoms in total. The monoisotopic (exact) mass is 510 g/mol. The van der Waals surface area contributed by atoms with Gasteiger partial charge in [-0.1, -0.05) is 39.0 Å². The fraction of sp³-hybridized carbons (Fsp3) is 0.321. The number of carboxylic acids is 1. The summed E-state index contributed by atoms with van der Waals surface area (Å²) >= 11 is 0. The van der Waals surface area contributed by atoms with Crippen molar-refractivity contribution in [3.63, 3.8) is 0 Å². The van der Waals surface area contributed by atoms with Crippen molar-refractivity contribution in [3.05, 3.63) is 71.2 Å². The topological polar surface area (TPSA) is 163 Å². The lowest BCUT2D eigenvalue weighted by Gasteiger charge is -2.18. The number of nitriles is 1. The van der Waals surface area contributed by atoms with Gasteiger partial charge in [0.25, 0.3) is 0 Å². The van der Waals surface area contributed by atoms with E-state index in [1.54, 1.807) is 24.3 Å². The third-order valence-electron chi connectivity index (χ3n) is 6.18. The number of hydrazone groups is 1. The summed E-state index contributed by atoms with van der Waals surface area (Å²) in [6, 6.07) is 16.8. The van der Waals surface area contributed by atoms with E-state index in [2.05, 4.69) is 52.2 Å². The molecule has 0 radical (unpaired) electrons. The van der Waals surface area contributed by atoms with Crippen molar-refractivity contribution in [2.75, 3.05) is 5.32 Å². The number of aliphatic carboxylic acids is 1. The number of hydrogen-bond donors (Lipinski definition) is 3. The minimum atomic E-state index is -0.895. The van der Waals surface area contributed by atoms with Gasteiger partial charge < -0.3 is 16.3 Å². The number of benzene rings is 1.